The van der Waals surface area contributed by atoms with Gasteiger partial charge in [0.1, 0.15) is 17.8 Å². The standard InChI is InChI=1S/C14H15FN2O2/c15-11-4-5-12(13(18)7-11)10-8-16-17(9-10)14-3-1-2-6-19-14/h4-5,7-9,14,18H,1-3,6H2. The molecule has 1 unspecified atom stereocenters. The normalized spacial score (nSPS) is 19.5. The van der Waals surface area contributed by atoms with E-state index in [2.05, 4.69) is 5.10 Å². The number of hydrogen-bond donors (Lipinski definition) is 1. The van der Waals surface area contributed by atoms with Crippen molar-refractivity contribution in [2.75, 3.05) is 6.61 Å². The highest BCUT2D eigenvalue weighted by Gasteiger charge is 2.17. The van der Waals surface area contributed by atoms with Crippen LogP contribution in [0.25, 0.3) is 11.1 Å². The van der Waals surface area contributed by atoms with Crippen molar-refractivity contribution in [3.63, 3.8) is 0 Å². The first-order chi connectivity index (χ1) is 9.24. The Kier molecular flexibility index (Phi) is 3.21. The molecule has 2 aromatic rings. The number of phenols is 1. The van der Waals surface area contributed by atoms with Crippen LogP contribution in [0.1, 0.15) is 25.5 Å². The minimum absolute atomic E-state index is 0.0370. The second-order valence-corrected chi connectivity index (χ2v) is 4.69. The molecule has 0 amide bonds. The van der Waals surface area contributed by atoms with E-state index in [1.54, 1.807) is 16.9 Å². The maximum atomic E-state index is 13.0. The van der Waals surface area contributed by atoms with Gasteiger partial charge in [0.05, 0.1) is 6.20 Å². The van der Waals surface area contributed by atoms with Gasteiger partial charge in [-0.3, -0.25) is 0 Å². The van der Waals surface area contributed by atoms with Gasteiger partial charge in [-0.25, -0.2) is 9.07 Å². The fourth-order valence-corrected chi connectivity index (χ4v) is 2.32. The van der Waals surface area contributed by atoms with Gasteiger partial charge in [-0.2, -0.15) is 5.10 Å². The Labute approximate surface area is 110 Å². The van der Waals surface area contributed by atoms with Gasteiger partial charge in [-0.05, 0) is 31.4 Å². The molecule has 1 aliphatic heterocycles. The molecule has 3 rings (SSSR count). The maximum absolute atomic E-state index is 13.0. The summed E-state index contributed by atoms with van der Waals surface area (Å²) in [5.41, 5.74) is 1.33. The van der Waals surface area contributed by atoms with Crippen LogP contribution in [0, 0.1) is 5.82 Å². The van der Waals surface area contributed by atoms with Gasteiger partial charge in [0, 0.05) is 30.0 Å². The molecule has 2 heterocycles. The Bertz CT molecular complexity index is 577. The van der Waals surface area contributed by atoms with Crippen molar-refractivity contribution in [1.29, 1.82) is 0 Å². The fraction of sp³-hybridized carbons (Fsp3) is 0.357. The zero-order valence-electron chi connectivity index (χ0n) is 10.4. The number of hydrogen-bond acceptors (Lipinski definition) is 3. The van der Waals surface area contributed by atoms with Gasteiger partial charge < -0.3 is 9.84 Å². The summed E-state index contributed by atoms with van der Waals surface area (Å²) in [6, 6.07) is 3.97. The molecule has 1 saturated heterocycles. The van der Waals surface area contributed by atoms with E-state index in [4.69, 9.17) is 4.74 Å². The molecule has 4 nitrogen and oxygen atoms in total. The molecule has 1 aromatic carbocycles. The number of ether oxygens (including phenoxy) is 1. The zero-order valence-corrected chi connectivity index (χ0v) is 10.4. The number of benzene rings is 1. The smallest absolute Gasteiger partial charge is 0.150 e. The van der Waals surface area contributed by atoms with Gasteiger partial charge in [0.25, 0.3) is 0 Å². The van der Waals surface area contributed by atoms with E-state index in [9.17, 15) is 9.50 Å². The van der Waals surface area contributed by atoms with Crippen molar-refractivity contribution in [2.24, 2.45) is 0 Å². The van der Waals surface area contributed by atoms with E-state index in [1.165, 1.54) is 6.07 Å². The van der Waals surface area contributed by atoms with E-state index < -0.39 is 5.82 Å². The molecular formula is C14H15FN2O2. The molecule has 100 valence electrons. The third-order valence-electron chi connectivity index (χ3n) is 3.32. The van der Waals surface area contributed by atoms with Crippen molar-refractivity contribution < 1.29 is 14.2 Å². The van der Waals surface area contributed by atoms with Crippen LogP contribution in [0.2, 0.25) is 0 Å². The van der Waals surface area contributed by atoms with E-state index >= 15 is 0 Å². The Morgan fingerprint density at radius 2 is 2.26 bits per heavy atom. The van der Waals surface area contributed by atoms with Crippen LogP contribution in [-0.2, 0) is 4.74 Å². The summed E-state index contributed by atoms with van der Waals surface area (Å²) in [6.45, 7) is 0.752. The molecular weight excluding hydrogens is 247 g/mol. The third kappa shape index (κ3) is 2.46. The first-order valence-electron chi connectivity index (χ1n) is 6.39. The van der Waals surface area contributed by atoms with Crippen molar-refractivity contribution in [1.82, 2.24) is 9.78 Å². The van der Waals surface area contributed by atoms with Crippen LogP contribution in [0.15, 0.2) is 30.6 Å². The average Bonchev–Trinajstić information content (AvgIpc) is 2.89. The van der Waals surface area contributed by atoms with Crippen LogP contribution >= 0.6 is 0 Å². The summed E-state index contributed by atoms with van der Waals surface area (Å²) in [6.07, 6.45) is 6.60. The lowest BCUT2D eigenvalue weighted by atomic mass is 10.1. The summed E-state index contributed by atoms with van der Waals surface area (Å²) < 4.78 is 20.4. The van der Waals surface area contributed by atoms with Gasteiger partial charge >= 0.3 is 0 Å². The lowest BCUT2D eigenvalue weighted by Gasteiger charge is -2.22. The van der Waals surface area contributed by atoms with E-state index in [0.717, 1.165) is 37.5 Å². The number of halogens is 1. The maximum Gasteiger partial charge on any atom is 0.150 e. The summed E-state index contributed by atoms with van der Waals surface area (Å²) in [4.78, 5) is 0. The predicted molar refractivity (Wildman–Crippen MR) is 68.1 cm³/mol. The number of phenolic OH excluding ortho intramolecular Hbond substituents is 1. The SMILES string of the molecule is Oc1cc(F)ccc1-c1cnn(C2CCCCO2)c1. The predicted octanol–water partition coefficient (Wildman–Crippen LogP) is 3.09. The molecule has 0 saturated carbocycles. The van der Waals surface area contributed by atoms with Crippen LogP contribution in [0.3, 0.4) is 0 Å². The summed E-state index contributed by atoms with van der Waals surface area (Å²) in [7, 11) is 0. The fourth-order valence-electron chi connectivity index (χ4n) is 2.32. The lowest BCUT2D eigenvalue weighted by Crippen LogP contribution is -2.18. The molecule has 0 bridgehead atoms. The first kappa shape index (κ1) is 12.2. The van der Waals surface area contributed by atoms with Crippen molar-refractivity contribution in [3.05, 3.63) is 36.4 Å². The van der Waals surface area contributed by atoms with Crippen LogP contribution in [-0.4, -0.2) is 21.5 Å². The van der Waals surface area contributed by atoms with Gasteiger partial charge in [-0.1, -0.05) is 0 Å². The van der Waals surface area contributed by atoms with Crippen molar-refractivity contribution in [2.45, 2.75) is 25.5 Å². The molecule has 19 heavy (non-hydrogen) atoms. The average molecular weight is 262 g/mol. The van der Waals surface area contributed by atoms with E-state index in [0.29, 0.717) is 5.56 Å². The molecule has 0 aliphatic carbocycles. The van der Waals surface area contributed by atoms with Gasteiger partial charge in [0.15, 0.2) is 0 Å². The van der Waals surface area contributed by atoms with Gasteiger partial charge in [-0.15, -0.1) is 0 Å². The molecule has 0 spiro atoms. The minimum atomic E-state index is -0.454. The Morgan fingerprint density at radius 1 is 1.37 bits per heavy atom. The van der Waals surface area contributed by atoms with E-state index in [-0.39, 0.29) is 12.0 Å². The van der Waals surface area contributed by atoms with Crippen molar-refractivity contribution in [3.8, 4) is 16.9 Å². The summed E-state index contributed by atoms with van der Waals surface area (Å²) >= 11 is 0. The lowest BCUT2D eigenvalue weighted by molar-refractivity contribution is -0.0394. The molecule has 1 atom stereocenters. The Balaban J connectivity index is 1.87. The van der Waals surface area contributed by atoms with Crippen LogP contribution in [0.5, 0.6) is 5.75 Å². The number of nitrogens with zero attached hydrogens (tertiary/aromatic N) is 2. The highest BCUT2D eigenvalue weighted by molar-refractivity contribution is 5.68. The number of aromatic hydroxyl groups is 1. The highest BCUT2D eigenvalue weighted by Crippen LogP contribution is 2.31. The third-order valence-corrected chi connectivity index (χ3v) is 3.32. The highest BCUT2D eigenvalue weighted by atomic mass is 19.1. The second-order valence-electron chi connectivity index (χ2n) is 4.69. The topological polar surface area (TPSA) is 47.3 Å². The van der Waals surface area contributed by atoms with E-state index in [1.807, 2.05) is 6.20 Å². The molecule has 0 radical (unpaired) electrons. The molecule has 5 heteroatoms. The molecule has 1 aliphatic rings. The van der Waals surface area contributed by atoms with Crippen LogP contribution in [0.4, 0.5) is 4.39 Å². The first-order valence-corrected chi connectivity index (χ1v) is 6.39. The zero-order chi connectivity index (χ0) is 13.2. The second kappa shape index (κ2) is 5.01. The minimum Gasteiger partial charge on any atom is -0.507 e. The van der Waals surface area contributed by atoms with Crippen LogP contribution < -0.4 is 0 Å². The molecule has 1 N–H and O–H groups in total. The Morgan fingerprint density at radius 3 is 3.00 bits per heavy atom. The Hall–Kier alpha value is -1.88. The van der Waals surface area contributed by atoms with Crippen molar-refractivity contribution >= 4 is 0 Å². The summed E-state index contributed by atoms with van der Waals surface area (Å²) in [5, 5.41) is 14.0. The number of rotatable bonds is 2. The molecule has 1 aromatic heterocycles. The monoisotopic (exact) mass is 262 g/mol. The largest absolute Gasteiger partial charge is 0.507 e. The number of aromatic nitrogens is 2. The quantitative estimate of drug-likeness (QED) is 0.904. The molecule has 1 fully saturated rings. The summed E-state index contributed by atoms with van der Waals surface area (Å²) in [5.74, 6) is -0.534. The van der Waals surface area contributed by atoms with Gasteiger partial charge in [0.2, 0.25) is 0 Å².